The van der Waals surface area contributed by atoms with Crippen LogP contribution in [0, 0.1) is 5.92 Å². The second-order valence-corrected chi connectivity index (χ2v) is 6.20. The normalized spacial score (nSPS) is 21.9. The zero-order chi connectivity index (χ0) is 14.2. The predicted octanol–water partition coefficient (Wildman–Crippen LogP) is 3.50. The summed E-state index contributed by atoms with van der Waals surface area (Å²) in [6.45, 7) is 9.24. The molecule has 0 saturated carbocycles. The van der Waals surface area contributed by atoms with Gasteiger partial charge in [-0.05, 0) is 37.8 Å². The third-order valence-electron chi connectivity index (χ3n) is 4.34. The average molecular weight is 261 g/mol. The van der Waals surface area contributed by atoms with Gasteiger partial charge in [0, 0.05) is 17.8 Å². The van der Waals surface area contributed by atoms with E-state index in [2.05, 4.69) is 36.9 Å². The van der Waals surface area contributed by atoms with E-state index in [1.807, 2.05) is 19.9 Å². The van der Waals surface area contributed by atoms with Crippen LogP contribution in [-0.4, -0.2) is 23.2 Å². The van der Waals surface area contributed by atoms with Crippen molar-refractivity contribution >= 4 is 11.7 Å². The number of rotatable bonds is 3. The molecule has 1 unspecified atom stereocenters. The number of para-hydroxylation sites is 1. The van der Waals surface area contributed by atoms with Gasteiger partial charge in [-0.3, -0.25) is 4.79 Å². The van der Waals surface area contributed by atoms with Crippen molar-refractivity contribution < 1.29 is 9.90 Å². The van der Waals surface area contributed by atoms with E-state index in [1.165, 1.54) is 11.3 Å². The molecular formula is C16H23NO2. The van der Waals surface area contributed by atoms with Gasteiger partial charge < -0.3 is 10.0 Å². The highest BCUT2D eigenvalue weighted by Gasteiger charge is 2.45. The molecule has 1 N–H and O–H groups in total. The van der Waals surface area contributed by atoms with Gasteiger partial charge in [0.15, 0.2) is 0 Å². The molecule has 3 nitrogen and oxygen atoms in total. The quantitative estimate of drug-likeness (QED) is 0.905. The Hall–Kier alpha value is -1.51. The number of carbonyl (C=O) groups is 1. The first kappa shape index (κ1) is 13.9. The van der Waals surface area contributed by atoms with Crippen molar-refractivity contribution in [3.05, 3.63) is 29.8 Å². The number of aliphatic carboxylic acids is 1. The Kier molecular flexibility index (Phi) is 3.57. The van der Waals surface area contributed by atoms with Crippen LogP contribution >= 0.6 is 0 Å². The highest BCUT2D eigenvalue weighted by molar-refractivity contribution is 5.75. The molecule has 1 aromatic rings. The number of carboxylic acids is 1. The van der Waals surface area contributed by atoms with Crippen LogP contribution in [0.4, 0.5) is 5.69 Å². The smallest absolute Gasteiger partial charge is 0.308 e. The first-order valence-corrected chi connectivity index (χ1v) is 6.95. The number of hydrogen-bond donors (Lipinski definition) is 1. The molecule has 0 aromatic heterocycles. The summed E-state index contributed by atoms with van der Waals surface area (Å²) in [4.78, 5) is 13.7. The molecule has 0 radical (unpaired) electrons. The van der Waals surface area contributed by atoms with Gasteiger partial charge in [0.05, 0.1) is 5.92 Å². The van der Waals surface area contributed by atoms with Crippen LogP contribution in [0.3, 0.4) is 0 Å². The van der Waals surface area contributed by atoms with E-state index >= 15 is 0 Å². The molecular weight excluding hydrogens is 238 g/mol. The molecule has 1 heterocycles. The topological polar surface area (TPSA) is 40.5 Å². The van der Waals surface area contributed by atoms with Crippen LogP contribution in [0.2, 0.25) is 0 Å². The molecule has 1 atom stereocenters. The molecule has 0 bridgehead atoms. The summed E-state index contributed by atoms with van der Waals surface area (Å²) in [6.07, 6.45) is 0.717. The number of hydrogen-bond acceptors (Lipinski definition) is 2. The Morgan fingerprint density at radius 2 is 2.00 bits per heavy atom. The van der Waals surface area contributed by atoms with Gasteiger partial charge in [0.1, 0.15) is 0 Å². The fraction of sp³-hybridized carbons (Fsp3) is 0.562. The van der Waals surface area contributed by atoms with E-state index in [0.29, 0.717) is 5.92 Å². The molecule has 3 heteroatoms. The summed E-state index contributed by atoms with van der Waals surface area (Å²) >= 11 is 0. The van der Waals surface area contributed by atoms with Crippen LogP contribution in [0.5, 0.6) is 0 Å². The molecule has 0 aliphatic carbocycles. The van der Waals surface area contributed by atoms with Crippen LogP contribution in [0.25, 0.3) is 0 Å². The van der Waals surface area contributed by atoms with E-state index in [-0.39, 0.29) is 11.5 Å². The molecule has 19 heavy (non-hydrogen) atoms. The molecule has 1 aromatic carbocycles. The van der Waals surface area contributed by atoms with Crippen molar-refractivity contribution in [1.29, 1.82) is 0 Å². The molecule has 104 valence electrons. The van der Waals surface area contributed by atoms with Crippen molar-refractivity contribution in [3.63, 3.8) is 0 Å². The summed E-state index contributed by atoms with van der Waals surface area (Å²) in [5.41, 5.74) is 2.14. The van der Waals surface area contributed by atoms with Crippen LogP contribution in [0.1, 0.15) is 45.6 Å². The first-order chi connectivity index (χ1) is 8.85. The number of benzene rings is 1. The molecule has 1 aliphatic rings. The van der Waals surface area contributed by atoms with Gasteiger partial charge >= 0.3 is 5.97 Å². The zero-order valence-corrected chi connectivity index (χ0v) is 12.2. The Labute approximate surface area is 115 Å². The van der Waals surface area contributed by atoms with Gasteiger partial charge in [0.25, 0.3) is 0 Å². The maximum absolute atomic E-state index is 11.4. The SMILES string of the molecule is CC(C)c1ccccc1N1CCC(C(=O)O)C1(C)C. The fourth-order valence-electron chi connectivity index (χ4n) is 3.17. The molecule has 1 fully saturated rings. The van der Waals surface area contributed by atoms with Crippen molar-refractivity contribution in [2.75, 3.05) is 11.4 Å². The van der Waals surface area contributed by atoms with Gasteiger partial charge in [-0.1, -0.05) is 32.0 Å². The Balaban J connectivity index is 2.41. The summed E-state index contributed by atoms with van der Waals surface area (Å²) in [5, 5.41) is 9.37. The Morgan fingerprint density at radius 1 is 1.37 bits per heavy atom. The fourth-order valence-corrected chi connectivity index (χ4v) is 3.17. The van der Waals surface area contributed by atoms with Crippen molar-refractivity contribution in [3.8, 4) is 0 Å². The van der Waals surface area contributed by atoms with E-state index in [1.54, 1.807) is 0 Å². The lowest BCUT2D eigenvalue weighted by Crippen LogP contribution is -2.45. The third-order valence-corrected chi connectivity index (χ3v) is 4.34. The van der Waals surface area contributed by atoms with Gasteiger partial charge in [0.2, 0.25) is 0 Å². The number of carboxylic acid groups (broad SMARTS) is 1. The lowest BCUT2D eigenvalue weighted by molar-refractivity contribution is -0.142. The summed E-state index contributed by atoms with van der Waals surface area (Å²) in [5.74, 6) is -0.543. The standard InChI is InChI=1S/C16H23NO2/c1-11(2)12-7-5-6-8-14(12)17-10-9-13(15(18)19)16(17,3)4/h5-8,11,13H,9-10H2,1-4H3,(H,18,19). The number of anilines is 1. The lowest BCUT2D eigenvalue weighted by atomic mass is 9.87. The van der Waals surface area contributed by atoms with E-state index in [4.69, 9.17) is 0 Å². The summed E-state index contributed by atoms with van der Waals surface area (Å²) in [7, 11) is 0. The minimum Gasteiger partial charge on any atom is -0.481 e. The molecule has 2 rings (SSSR count). The van der Waals surface area contributed by atoms with Crippen LogP contribution < -0.4 is 4.90 Å². The van der Waals surface area contributed by atoms with Crippen LogP contribution in [0.15, 0.2) is 24.3 Å². The van der Waals surface area contributed by atoms with Crippen LogP contribution in [-0.2, 0) is 4.79 Å². The van der Waals surface area contributed by atoms with Gasteiger partial charge in [-0.25, -0.2) is 0 Å². The minimum atomic E-state index is -0.686. The minimum absolute atomic E-state index is 0.298. The van der Waals surface area contributed by atoms with E-state index in [0.717, 1.165) is 13.0 Å². The largest absolute Gasteiger partial charge is 0.481 e. The highest BCUT2D eigenvalue weighted by atomic mass is 16.4. The zero-order valence-electron chi connectivity index (χ0n) is 12.2. The van der Waals surface area contributed by atoms with Crippen molar-refractivity contribution in [1.82, 2.24) is 0 Å². The van der Waals surface area contributed by atoms with E-state index in [9.17, 15) is 9.90 Å². The maximum atomic E-state index is 11.4. The van der Waals surface area contributed by atoms with E-state index < -0.39 is 5.97 Å². The second kappa shape index (κ2) is 4.87. The Morgan fingerprint density at radius 3 is 2.53 bits per heavy atom. The van der Waals surface area contributed by atoms with Crippen molar-refractivity contribution in [2.45, 2.75) is 45.6 Å². The highest BCUT2D eigenvalue weighted by Crippen LogP contribution is 2.41. The maximum Gasteiger partial charge on any atom is 0.308 e. The number of nitrogens with zero attached hydrogens (tertiary/aromatic N) is 1. The summed E-state index contributed by atoms with van der Waals surface area (Å²) in [6, 6.07) is 8.34. The van der Waals surface area contributed by atoms with Crippen molar-refractivity contribution in [2.24, 2.45) is 5.92 Å². The lowest BCUT2D eigenvalue weighted by Gasteiger charge is -2.38. The van der Waals surface area contributed by atoms with Gasteiger partial charge in [-0.2, -0.15) is 0 Å². The average Bonchev–Trinajstić information content (AvgIpc) is 2.64. The summed E-state index contributed by atoms with van der Waals surface area (Å²) < 4.78 is 0. The monoisotopic (exact) mass is 261 g/mol. The second-order valence-electron chi connectivity index (χ2n) is 6.20. The Bertz CT molecular complexity index is 479. The molecule has 0 spiro atoms. The first-order valence-electron chi connectivity index (χ1n) is 6.95. The predicted molar refractivity (Wildman–Crippen MR) is 77.7 cm³/mol. The van der Waals surface area contributed by atoms with Gasteiger partial charge in [-0.15, -0.1) is 0 Å². The molecule has 0 amide bonds. The molecule has 1 saturated heterocycles. The molecule has 1 aliphatic heterocycles. The third kappa shape index (κ3) is 2.34.